The molecule has 0 radical (unpaired) electrons. The molecule has 0 aliphatic carbocycles. The zero-order valence-corrected chi connectivity index (χ0v) is 15.2. The Morgan fingerprint density at radius 2 is 1.76 bits per heavy atom. The molecular weight excluding hydrogens is 338 g/mol. The molecule has 0 heterocycles. The van der Waals surface area contributed by atoms with Crippen molar-refractivity contribution in [2.24, 2.45) is 5.73 Å². The van der Waals surface area contributed by atoms with Crippen molar-refractivity contribution in [3.63, 3.8) is 0 Å². The van der Waals surface area contributed by atoms with Gasteiger partial charge < -0.3 is 16.4 Å². The fourth-order valence-corrected chi connectivity index (χ4v) is 2.43. The maximum atomic E-state index is 12.4. The number of rotatable bonds is 6. The molecule has 2 aromatic rings. The molecule has 6 heteroatoms. The monoisotopic (exact) mass is 361 g/mol. The van der Waals surface area contributed by atoms with Crippen molar-refractivity contribution in [3.05, 3.63) is 71.3 Å². The second kappa shape index (κ2) is 9.20. The van der Waals surface area contributed by atoms with E-state index in [1.807, 2.05) is 48.5 Å². The molecule has 0 aliphatic rings. The predicted molar refractivity (Wildman–Crippen MR) is 102 cm³/mol. The van der Waals surface area contributed by atoms with Crippen LogP contribution in [0.3, 0.4) is 0 Å². The van der Waals surface area contributed by atoms with Crippen molar-refractivity contribution in [1.82, 2.24) is 10.6 Å². The van der Waals surface area contributed by atoms with Crippen LogP contribution in [0, 0.1) is 0 Å². The smallest absolute Gasteiger partial charge is 0.251 e. The highest BCUT2D eigenvalue weighted by molar-refractivity contribution is 5.94. The Balaban J connectivity index is 0.00000312. The van der Waals surface area contributed by atoms with Crippen LogP contribution in [-0.4, -0.2) is 25.4 Å². The molecule has 2 rings (SSSR count). The lowest BCUT2D eigenvalue weighted by molar-refractivity contribution is -0.126. The van der Waals surface area contributed by atoms with Crippen molar-refractivity contribution in [3.8, 4) is 0 Å². The van der Waals surface area contributed by atoms with Crippen molar-refractivity contribution in [2.75, 3.05) is 13.6 Å². The summed E-state index contributed by atoms with van der Waals surface area (Å²) in [5.41, 5.74) is 7.45. The van der Waals surface area contributed by atoms with Crippen LogP contribution < -0.4 is 16.4 Å². The predicted octanol–water partition coefficient (Wildman–Crippen LogP) is 2.00. The third-order valence-corrected chi connectivity index (χ3v) is 3.96. The van der Waals surface area contributed by atoms with Gasteiger partial charge in [0.1, 0.15) is 5.54 Å². The van der Waals surface area contributed by atoms with E-state index < -0.39 is 5.54 Å². The number of nitrogens with two attached hydrogens (primary N) is 1. The average molecular weight is 362 g/mol. The van der Waals surface area contributed by atoms with E-state index in [0.717, 1.165) is 11.1 Å². The molecule has 5 nitrogen and oxygen atoms in total. The first-order chi connectivity index (χ1) is 11.4. The minimum Gasteiger partial charge on any atom is -0.355 e. The summed E-state index contributed by atoms with van der Waals surface area (Å²) in [6, 6.07) is 16.6. The highest BCUT2D eigenvalue weighted by Gasteiger charge is 2.29. The second-order valence-corrected chi connectivity index (χ2v) is 5.85. The minimum atomic E-state index is -1.08. The maximum absolute atomic E-state index is 12.4. The molecule has 0 fully saturated rings. The van der Waals surface area contributed by atoms with Gasteiger partial charge in [-0.05, 0) is 36.6 Å². The van der Waals surface area contributed by atoms with Gasteiger partial charge in [-0.1, -0.05) is 42.5 Å². The van der Waals surface area contributed by atoms with E-state index in [4.69, 9.17) is 5.73 Å². The van der Waals surface area contributed by atoms with Crippen LogP contribution in [0.1, 0.15) is 28.4 Å². The van der Waals surface area contributed by atoms with Crippen molar-refractivity contribution < 1.29 is 9.59 Å². The second-order valence-electron chi connectivity index (χ2n) is 5.85. The van der Waals surface area contributed by atoms with E-state index in [1.54, 1.807) is 20.0 Å². The quantitative estimate of drug-likeness (QED) is 0.735. The summed E-state index contributed by atoms with van der Waals surface area (Å²) in [6.45, 7) is 2.15. The van der Waals surface area contributed by atoms with Gasteiger partial charge in [0.15, 0.2) is 0 Å². The molecule has 0 bridgehead atoms. The van der Waals surface area contributed by atoms with Gasteiger partial charge in [-0.2, -0.15) is 0 Å². The van der Waals surface area contributed by atoms with Crippen LogP contribution in [0.15, 0.2) is 54.6 Å². The Labute approximate surface area is 154 Å². The average Bonchev–Trinajstić information content (AvgIpc) is 2.62. The first-order valence-corrected chi connectivity index (χ1v) is 7.89. The van der Waals surface area contributed by atoms with E-state index in [9.17, 15) is 9.59 Å². The molecule has 0 saturated heterocycles. The van der Waals surface area contributed by atoms with Gasteiger partial charge in [-0.3, -0.25) is 9.59 Å². The molecule has 0 aromatic heterocycles. The van der Waals surface area contributed by atoms with Crippen LogP contribution >= 0.6 is 12.4 Å². The standard InChI is InChI=1S/C19H23N3O2.ClH/c1-19(20,16-9-4-3-5-10-16)18(24)22-12-11-14-7-6-8-15(13-14)17(23)21-2;/h3-10,13H,11-12,20H2,1-2H3,(H,21,23)(H,22,24);1H. The molecule has 0 spiro atoms. The fraction of sp³-hybridized carbons (Fsp3) is 0.263. The number of amides is 2. The van der Waals surface area contributed by atoms with Crippen LogP contribution in [0.5, 0.6) is 0 Å². The van der Waals surface area contributed by atoms with Gasteiger partial charge in [0.2, 0.25) is 5.91 Å². The zero-order chi connectivity index (χ0) is 17.6. The van der Waals surface area contributed by atoms with E-state index in [0.29, 0.717) is 18.5 Å². The van der Waals surface area contributed by atoms with Gasteiger partial charge in [0.05, 0.1) is 0 Å². The number of carbonyl (C=O) groups excluding carboxylic acids is 2. The van der Waals surface area contributed by atoms with Crippen LogP contribution in [0.25, 0.3) is 0 Å². The van der Waals surface area contributed by atoms with Crippen molar-refractivity contribution in [2.45, 2.75) is 18.9 Å². The SMILES string of the molecule is CNC(=O)c1cccc(CCNC(=O)C(C)(N)c2ccccc2)c1.Cl. The first-order valence-electron chi connectivity index (χ1n) is 7.89. The third kappa shape index (κ3) is 5.31. The molecule has 2 aromatic carbocycles. The molecule has 2 amide bonds. The number of carbonyl (C=O) groups is 2. The lowest BCUT2D eigenvalue weighted by Gasteiger charge is -2.24. The lowest BCUT2D eigenvalue weighted by atomic mass is 9.92. The summed E-state index contributed by atoms with van der Waals surface area (Å²) < 4.78 is 0. The van der Waals surface area contributed by atoms with Gasteiger partial charge in [0, 0.05) is 19.2 Å². The highest BCUT2D eigenvalue weighted by Crippen LogP contribution is 2.17. The van der Waals surface area contributed by atoms with Crippen molar-refractivity contribution in [1.29, 1.82) is 0 Å². The highest BCUT2D eigenvalue weighted by atomic mass is 35.5. The lowest BCUT2D eigenvalue weighted by Crippen LogP contribution is -2.49. The van der Waals surface area contributed by atoms with Crippen molar-refractivity contribution >= 4 is 24.2 Å². The summed E-state index contributed by atoms with van der Waals surface area (Å²) in [7, 11) is 1.60. The summed E-state index contributed by atoms with van der Waals surface area (Å²) in [5.74, 6) is -0.351. The number of halogens is 1. The normalized spacial score (nSPS) is 12.4. The molecule has 4 N–H and O–H groups in total. The topological polar surface area (TPSA) is 84.2 Å². The first kappa shape index (κ1) is 20.7. The van der Waals surface area contributed by atoms with E-state index in [2.05, 4.69) is 10.6 Å². The van der Waals surface area contributed by atoms with E-state index >= 15 is 0 Å². The minimum absolute atomic E-state index is 0. The van der Waals surface area contributed by atoms with Gasteiger partial charge in [0.25, 0.3) is 5.91 Å². The molecule has 0 aliphatic heterocycles. The Morgan fingerprint density at radius 3 is 2.40 bits per heavy atom. The van der Waals surface area contributed by atoms with E-state index in [-0.39, 0.29) is 24.2 Å². The van der Waals surface area contributed by atoms with Crippen LogP contribution in [0.2, 0.25) is 0 Å². The number of hydrogen-bond donors (Lipinski definition) is 3. The van der Waals surface area contributed by atoms with Crippen LogP contribution in [0.4, 0.5) is 0 Å². The van der Waals surface area contributed by atoms with E-state index in [1.165, 1.54) is 0 Å². The summed E-state index contributed by atoms with van der Waals surface area (Å²) >= 11 is 0. The largest absolute Gasteiger partial charge is 0.355 e. The summed E-state index contributed by atoms with van der Waals surface area (Å²) in [4.78, 5) is 24.0. The Kier molecular flexibility index (Phi) is 7.61. The number of benzene rings is 2. The molecule has 1 atom stereocenters. The Bertz CT molecular complexity index is 718. The van der Waals surface area contributed by atoms with Gasteiger partial charge in [-0.15, -0.1) is 12.4 Å². The molecule has 25 heavy (non-hydrogen) atoms. The maximum Gasteiger partial charge on any atom is 0.251 e. The summed E-state index contributed by atoms with van der Waals surface area (Å²) in [5, 5.41) is 5.46. The van der Waals surface area contributed by atoms with Gasteiger partial charge >= 0.3 is 0 Å². The summed E-state index contributed by atoms with van der Waals surface area (Å²) in [6.07, 6.45) is 0.626. The number of nitrogens with one attached hydrogen (secondary N) is 2. The Morgan fingerprint density at radius 1 is 1.08 bits per heavy atom. The van der Waals surface area contributed by atoms with Gasteiger partial charge in [-0.25, -0.2) is 0 Å². The zero-order valence-electron chi connectivity index (χ0n) is 14.4. The third-order valence-electron chi connectivity index (χ3n) is 3.96. The molecule has 0 saturated carbocycles. The molecular formula is C19H24ClN3O2. The van der Waals surface area contributed by atoms with Crippen LogP contribution in [-0.2, 0) is 16.8 Å². The fourth-order valence-electron chi connectivity index (χ4n) is 2.43. The number of hydrogen-bond acceptors (Lipinski definition) is 3. The molecule has 134 valence electrons. The molecule has 1 unspecified atom stereocenters. The Hall–Kier alpha value is -2.37.